The van der Waals surface area contributed by atoms with Crippen LogP contribution in [0.25, 0.3) is 0 Å². The highest BCUT2D eigenvalue weighted by Crippen LogP contribution is 2.03. The highest BCUT2D eigenvalue weighted by Gasteiger charge is 1.91. The van der Waals surface area contributed by atoms with E-state index in [9.17, 15) is 0 Å². The number of nitrogens with zero attached hydrogens (tertiary/aromatic N) is 1. The first-order chi connectivity index (χ1) is 6.24. The van der Waals surface area contributed by atoms with Crippen LogP contribution in [-0.4, -0.2) is 20.3 Å². The average molecular weight is 181 g/mol. The largest absolute Gasteiger partial charge is 0.316 e. The Hall–Kier alpha value is -1.09. The maximum Gasteiger partial charge on any atom is 0.0244 e. The van der Waals surface area contributed by atoms with Crippen LogP contribution < -0.4 is 10.7 Å². The summed E-state index contributed by atoms with van der Waals surface area (Å²) in [4.78, 5) is 0. The summed E-state index contributed by atoms with van der Waals surface area (Å²) in [5.41, 5.74) is 5.26. The van der Waals surface area contributed by atoms with Crippen LogP contribution in [0.15, 0.2) is 28.5 Å². The molecular weight excluding hydrogens is 162 g/mol. The monoisotopic (exact) mass is 181 g/mol. The second kappa shape index (κ2) is 7.55. The molecule has 0 heterocycles. The van der Waals surface area contributed by atoms with Crippen LogP contribution in [0.1, 0.15) is 20.3 Å². The van der Waals surface area contributed by atoms with E-state index in [4.69, 9.17) is 0 Å². The Bertz CT molecular complexity index is 204. The van der Waals surface area contributed by atoms with Crippen molar-refractivity contribution >= 4 is 6.72 Å². The minimum atomic E-state index is 0.833. The first-order valence-electron chi connectivity index (χ1n) is 4.46. The second-order valence-corrected chi connectivity index (χ2v) is 2.88. The van der Waals surface area contributed by atoms with E-state index in [0.717, 1.165) is 13.0 Å². The fourth-order valence-electron chi connectivity index (χ4n) is 0.895. The molecule has 0 aliphatic carbocycles. The summed E-state index contributed by atoms with van der Waals surface area (Å²) in [6, 6.07) is 0. The van der Waals surface area contributed by atoms with Crippen LogP contribution >= 0.6 is 0 Å². The third-order valence-corrected chi connectivity index (χ3v) is 1.71. The predicted octanol–water partition coefficient (Wildman–Crippen LogP) is 1.65. The third-order valence-electron chi connectivity index (χ3n) is 1.71. The van der Waals surface area contributed by atoms with Crippen molar-refractivity contribution in [1.82, 2.24) is 10.7 Å². The molecule has 0 aromatic carbocycles. The van der Waals surface area contributed by atoms with Gasteiger partial charge in [-0.15, -0.1) is 0 Å². The quantitative estimate of drug-likeness (QED) is 0.371. The summed E-state index contributed by atoms with van der Waals surface area (Å²) in [6.45, 7) is 8.44. The smallest absolute Gasteiger partial charge is 0.0244 e. The van der Waals surface area contributed by atoms with Gasteiger partial charge in [-0.2, -0.15) is 5.10 Å². The maximum atomic E-state index is 3.56. The van der Waals surface area contributed by atoms with Crippen molar-refractivity contribution in [3.8, 4) is 0 Å². The minimum absolute atomic E-state index is 0.833. The first-order valence-corrected chi connectivity index (χ1v) is 4.46. The van der Waals surface area contributed by atoms with Gasteiger partial charge in [-0.25, -0.2) is 0 Å². The molecule has 0 saturated carbocycles. The lowest BCUT2D eigenvalue weighted by molar-refractivity contribution is 0.869. The van der Waals surface area contributed by atoms with Crippen molar-refractivity contribution in [3.05, 3.63) is 23.4 Å². The van der Waals surface area contributed by atoms with E-state index in [1.54, 1.807) is 0 Å². The molecule has 13 heavy (non-hydrogen) atoms. The number of rotatable bonds is 6. The van der Waals surface area contributed by atoms with Crippen LogP contribution in [0.4, 0.5) is 0 Å². The zero-order valence-electron chi connectivity index (χ0n) is 8.72. The highest BCUT2D eigenvalue weighted by molar-refractivity contribution is 5.25. The molecule has 0 aromatic rings. The number of likely N-dealkylation sites (N-methyl/N-ethyl adjacent to an activating group) is 1. The van der Waals surface area contributed by atoms with Crippen LogP contribution in [0, 0.1) is 0 Å². The molecule has 0 saturated heterocycles. The lowest BCUT2D eigenvalue weighted by Crippen LogP contribution is -2.11. The Morgan fingerprint density at radius 2 is 2.23 bits per heavy atom. The second-order valence-electron chi connectivity index (χ2n) is 2.88. The van der Waals surface area contributed by atoms with E-state index in [0.29, 0.717) is 0 Å². The van der Waals surface area contributed by atoms with Gasteiger partial charge >= 0.3 is 0 Å². The fraction of sp³-hybridized carbons (Fsp3) is 0.500. The maximum absolute atomic E-state index is 3.56. The normalized spacial score (nSPS) is 12.8. The van der Waals surface area contributed by atoms with E-state index in [1.807, 2.05) is 13.2 Å². The summed E-state index contributed by atoms with van der Waals surface area (Å²) in [6.07, 6.45) is 5.07. The lowest BCUT2D eigenvalue weighted by Gasteiger charge is -2.02. The molecule has 0 atom stereocenters. The van der Waals surface area contributed by atoms with E-state index in [2.05, 4.69) is 42.5 Å². The molecule has 0 bridgehead atoms. The van der Waals surface area contributed by atoms with Gasteiger partial charge in [0.1, 0.15) is 0 Å². The molecule has 3 heteroatoms. The van der Waals surface area contributed by atoms with Crippen molar-refractivity contribution in [2.45, 2.75) is 20.3 Å². The number of allylic oxidation sites excluding steroid dienone is 1. The third kappa shape index (κ3) is 6.11. The van der Waals surface area contributed by atoms with E-state index in [1.165, 1.54) is 11.1 Å². The molecule has 0 rings (SSSR count). The molecule has 3 nitrogen and oxygen atoms in total. The van der Waals surface area contributed by atoms with Gasteiger partial charge in [0.15, 0.2) is 0 Å². The number of hydrogen-bond donors (Lipinski definition) is 2. The van der Waals surface area contributed by atoms with Crippen molar-refractivity contribution in [2.75, 3.05) is 13.6 Å². The fourth-order valence-corrected chi connectivity index (χ4v) is 0.895. The standard InChI is InChI=1S/C10H19N3/c1-5-9(2)6-10(7-11-3)8-13-12-4/h6,8,11,13H,4-5,7H2,1-3H3/b9-6+,10-8-. The van der Waals surface area contributed by atoms with Crippen molar-refractivity contribution in [1.29, 1.82) is 0 Å². The number of hydrogen-bond acceptors (Lipinski definition) is 3. The zero-order chi connectivity index (χ0) is 10.1. The van der Waals surface area contributed by atoms with Gasteiger partial charge in [0.2, 0.25) is 0 Å². The summed E-state index contributed by atoms with van der Waals surface area (Å²) < 4.78 is 0. The molecule has 0 fully saturated rings. The highest BCUT2D eigenvalue weighted by atomic mass is 15.3. The van der Waals surface area contributed by atoms with Crippen LogP contribution in [0.2, 0.25) is 0 Å². The molecule has 2 N–H and O–H groups in total. The molecular formula is C10H19N3. The first kappa shape index (κ1) is 11.9. The average Bonchev–Trinajstić information content (AvgIpc) is 2.14. The topological polar surface area (TPSA) is 36.4 Å². The Balaban J connectivity index is 4.31. The molecule has 74 valence electrons. The van der Waals surface area contributed by atoms with Gasteiger partial charge in [-0.1, -0.05) is 18.6 Å². The van der Waals surface area contributed by atoms with Crippen LogP contribution in [0.3, 0.4) is 0 Å². The van der Waals surface area contributed by atoms with Gasteiger partial charge < -0.3 is 5.32 Å². The summed E-state index contributed by atoms with van der Waals surface area (Å²) >= 11 is 0. The zero-order valence-corrected chi connectivity index (χ0v) is 8.72. The molecule has 0 amide bonds. The Kier molecular flexibility index (Phi) is 6.92. The van der Waals surface area contributed by atoms with Gasteiger partial charge in [0.05, 0.1) is 0 Å². The van der Waals surface area contributed by atoms with Gasteiger partial charge in [0.25, 0.3) is 0 Å². The summed E-state index contributed by atoms with van der Waals surface area (Å²) in [7, 11) is 1.92. The Labute approximate surface area is 80.6 Å². The number of hydrazone groups is 1. The van der Waals surface area contributed by atoms with Gasteiger partial charge in [-0.3, -0.25) is 5.43 Å². The van der Waals surface area contributed by atoms with Crippen LogP contribution in [0.5, 0.6) is 0 Å². The molecule has 0 radical (unpaired) electrons. The van der Waals surface area contributed by atoms with Crippen molar-refractivity contribution < 1.29 is 0 Å². The Morgan fingerprint density at radius 1 is 1.54 bits per heavy atom. The number of nitrogens with one attached hydrogen (secondary N) is 2. The van der Waals surface area contributed by atoms with Crippen LogP contribution in [-0.2, 0) is 0 Å². The van der Waals surface area contributed by atoms with E-state index < -0.39 is 0 Å². The minimum Gasteiger partial charge on any atom is -0.316 e. The summed E-state index contributed by atoms with van der Waals surface area (Å²) in [5, 5.41) is 6.65. The molecule has 0 aromatic heterocycles. The van der Waals surface area contributed by atoms with Crippen molar-refractivity contribution in [3.63, 3.8) is 0 Å². The molecule has 0 unspecified atom stereocenters. The Morgan fingerprint density at radius 3 is 2.69 bits per heavy atom. The molecule has 0 aliphatic heterocycles. The molecule has 0 spiro atoms. The molecule has 0 aliphatic rings. The van der Waals surface area contributed by atoms with E-state index >= 15 is 0 Å². The lowest BCUT2D eigenvalue weighted by atomic mass is 10.1. The SMILES string of the molecule is C=NN/C=C(/C=C(\C)CC)CNC. The van der Waals surface area contributed by atoms with Gasteiger partial charge in [0, 0.05) is 19.5 Å². The van der Waals surface area contributed by atoms with E-state index in [-0.39, 0.29) is 0 Å². The van der Waals surface area contributed by atoms with Crippen molar-refractivity contribution in [2.24, 2.45) is 5.10 Å². The summed E-state index contributed by atoms with van der Waals surface area (Å²) in [5.74, 6) is 0. The van der Waals surface area contributed by atoms with Gasteiger partial charge in [-0.05, 0) is 26.0 Å². The predicted molar refractivity (Wildman–Crippen MR) is 58.7 cm³/mol.